The van der Waals surface area contributed by atoms with E-state index in [1.54, 1.807) is 12.1 Å². The van der Waals surface area contributed by atoms with Crippen molar-refractivity contribution in [2.75, 3.05) is 0 Å². The first-order valence-electron chi connectivity index (χ1n) is 5.56. The molecular formula is C13H9F2N3OS. The lowest BCUT2D eigenvalue weighted by molar-refractivity contribution is -0.0498. The average molecular weight is 293 g/mol. The first-order valence-corrected chi connectivity index (χ1v) is 6.54. The maximum absolute atomic E-state index is 12.1. The van der Waals surface area contributed by atoms with Gasteiger partial charge in [-0.1, -0.05) is 12.1 Å². The topological polar surface area (TPSA) is 58.8 Å². The summed E-state index contributed by atoms with van der Waals surface area (Å²) in [6.07, 6.45) is 2.89. The highest BCUT2D eigenvalue weighted by atomic mass is 32.2. The molecule has 102 valence electrons. The van der Waals surface area contributed by atoms with Crippen LogP contribution in [0, 0.1) is 11.3 Å². The van der Waals surface area contributed by atoms with Crippen LogP contribution in [0.3, 0.4) is 0 Å². The Hall–Kier alpha value is -2.20. The smallest absolute Gasteiger partial charge is 0.387 e. The largest absolute Gasteiger partial charge is 0.435 e. The summed E-state index contributed by atoms with van der Waals surface area (Å²) in [6, 6.07) is 8.37. The second kappa shape index (κ2) is 6.82. The van der Waals surface area contributed by atoms with Gasteiger partial charge in [-0.3, -0.25) is 0 Å². The fraction of sp³-hybridized carbons (Fsp3) is 0.154. The summed E-state index contributed by atoms with van der Waals surface area (Å²) in [6.45, 7) is -2.83. The summed E-state index contributed by atoms with van der Waals surface area (Å²) in [5.74, 6) is 0.671. The minimum atomic E-state index is -2.83. The van der Waals surface area contributed by atoms with Gasteiger partial charge in [0, 0.05) is 5.75 Å². The summed E-state index contributed by atoms with van der Waals surface area (Å²) >= 11 is 1.39. The molecule has 1 aromatic carbocycles. The van der Waals surface area contributed by atoms with Gasteiger partial charge in [0.2, 0.25) is 0 Å². The molecule has 0 aliphatic carbocycles. The van der Waals surface area contributed by atoms with E-state index in [9.17, 15) is 8.78 Å². The lowest BCUT2D eigenvalue weighted by Gasteiger charge is -2.06. The van der Waals surface area contributed by atoms with Gasteiger partial charge in [0.15, 0.2) is 5.69 Å². The second-order valence-electron chi connectivity index (χ2n) is 3.67. The molecule has 0 aliphatic heterocycles. The minimum absolute atomic E-state index is 0.129. The van der Waals surface area contributed by atoms with Crippen LogP contribution in [-0.2, 0) is 5.75 Å². The lowest BCUT2D eigenvalue weighted by Crippen LogP contribution is -2.01. The minimum Gasteiger partial charge on any atom is -0.435 e. The van der Waals surface area contributed by atoms with Gasteiger partial charge in [-0.25, -0.2) is 9.97 Å². The molecule has 2 rings (SSSR count). The third-order valence-corrected chi connectivity index (χ3v) is 3.24. The van der Waals surface area contributed by atoms with Crippen molar-refractivity contribution < 1.29 is 13.5 Å². The summed E-state index contributed by atoms with van der Waals surface area (Å²) in [5.41, 5.74) is 1.08. The Morgan fingerprint density at radius 1 is 1.30 bits per heavy atom. The number of rotatable bonds is 5. The molecule has 0 spiro atoms. The molecule has 0 radical (unpaired) electrons. The van der Waals surface area contributed by atoms with Crippen LogP contribution in [0.1, 0.15) is 11.3 Å². The van der Waals surface area contributed by atoms with Gasteiger partial charge in [0.05, 0.1) is 12.4 Å². The number of aromatic nitrogens is 2. The molecular weight excluding hydrogens is 284 g/mol. The van der Waals surface area contributed by atoms with E-state index in [0.29, 0.717) is 10.8 Å². The maximum atomic E-state index is 12.1. The van der Waals surface area contributed by atoms with Gasteiger partial charge in [0.1, 0.15) is 16.8 Å². The summed E-state index contributed by atoms with van der Waals surface area (Å²) in [7, 11) is 0. The number of nitriles is 1. The summed E-state index contributed by atoms with van der Waals surface area (Å²) in [5, 5.41) is 9.26. The van der Waals surface area contributed by atoms with Gasteiger partial charge < -0.3 is 4.74 Å². The third kappa shape index (κ3) is 4.17. The molecule has 2 aromatic rings. The van der Waals surface area contributed by atoms with Crippen molar-refractivity contribution in [3.8, 4) is 11.8 Å². The summed E-state index contributed by atoms with van der Waals surface area (Å²) < 4.78 is 28.5. The summed E-state index contributed by atoms with van der Waals surface area (Å²) in [4.78, 5) is 7.96. The van der Waals surface area contributed by atoms with Crippen LogP contribution in [0.5, 0.6) is 5.75 Å². The van der Waals surface area contributed by atoms with Crippen molar-refractivity contribution in [3.63, 3.8) is 0 Å². The van der Waals surface area contributed by atoms with Gasteiger partial charge in [0.25, 0.3) is 0 Å². The van der Waals surface area contributed by atoms with Crippen LogP contribution in [0.15, 0.2) is 41.7 Å². The highest BCUT2D eigenvalue weighted by molar-refractivity contribution is 7.98. The van der Waals surface area contributed by atoms with Crippen LogP contribution in [0.2, 0.25) is 0 Å². The lowest BCUT2D eigenvalue weighted by atomic mass is 10.2. The van der Waals surface area contributed by atoms with E-state index >= 15 is 0 Å². The van der Waals surface area contributed by atoms with Gasteiger partial charge in [-0.2, -0.15) is 14.0 Å². The van der Waals surface area contributed by atoms with E-state index in [0.717, 1.165) is 5.56 Å². The zero-order chi connectivity index (χ0) is 14.4. The molecule has 0 bridgehead atoms. The Kier molecular flexibility index (Phi) is 4.85. The van der Waals surface area contributed by atoms with Crippen LogP contribution in [-0.4, -0.2) is 16.6 Å². The average Bonchev–Trinajstić information content (AvgIpc) is 2.45. The van der Waals surface area contributed by atoms with E-state index in [-0.39, 0.29) is 11.4 Å². The van der Waals surface area contributed by atoms with Gasteiger partial charge in [-0.15, -0.1) is 11.8 Å². The van der Waals surface area contributed by atoms with Gasteiger partial charge in [-0.05, 0) is 17.7 Å². The molecule has 1 heterocycles. The van der Waals surface area contributed by atoms with Crippen LogP contribution in [0.25, 0.3) is 0 Å². The highest BCUT2D eigenvalue weighted by Crippen LogP contribution is 2.23. The Morgan fingerprint density at radius 3 is 2.80 bits per heavy atom. The Labute approximate surface area is 118 Å². The number of ether oxygens (including phenoxy) is 1. The number of halogens is 2. The van der Waals surface area contributed by atoms with E-state index in [1.807, 2.05) is 12.1 Å². The highest BCUT2D eigenvalue weighted by Gasteiger charge is 2.05. The van der Waals surface area contributed by atoms with Crippen LogP contribution in [0.4, 0.5) is 8.78 Å². The molecule has 0 N–H and O–H groups in total. The predicted octanol–water partition coefficient (Wildman–Crippen LogP) is 3.24. The van der Waals surface area contributed by atoms with E-state index in [1.165, 1.54) is 30.2 Å². The number of hydrogen-bond donors (Lipinski definition) is 0. The molecule has 7 heteroatoms. The molecule has 0 saturated heterocycles. The Morgan fingerprint density at radius 2 is 2.15 bits per heavy atom. The number of benzene rings is 1. The van der Waals surface area contributed by atoms with E-state index in [4.69, 9.17) is 5.26 Å². The van der Waals surface area contributed by atoms with Crippen molar-refractivity contribution in [1.82, 2.24) is 9.97 Å². The van der Waals surface area contributed by atoms with Crippen molar-refractivity contribution in [2.24, 2.45) is 0 Å². The van der Waals surface area contributed by atoms with E-state index < -0.39 is 6.61 Å². The van der Waals surface area contributed by atoms with Crippen molar-refractivity contribution in [2.45, 2.75) is 17.4 Å². The first-order chi connectivity index (χ1) is 9.67. The van der Waals surface area contributed by atoms with Crippen molar-refractivity contribution in [1.29, 1.82) is 5.26 Å². The molecule has 0 aliphatic rings. The first kappa shape index (κ1) is 14.2. The van der Waals surface area contributed by atoms with Crippen LogP contribution < -0.4 is 4.74 Å². The normalized spacial score (nSPS) is 10.3. The fourth-order valence-corrected chi connectivity index (χ4v) is 2.17. The van der Waals surface area contributed by atoms with Crippen molar-refractivity contribution in [3.05, 3.63) is 47.9 Å². The Bertz CT molecular complexity index is 614. The molecule has 20 heavy (non-hydrogen) atoms. The molecule has 1 aromatic heterocycles. The molecule has 0 fully saturated rings. The predicted molar refractivity (Wildman–Crippen MR) is 69.4 cm³/mol. The fourth-order valence-electron chi connectivity index (χ4n) is 1.42. The molecule has 0 atom stereocenters. The zero-order valence-electron chi connectivity index (χ0n) is 10.2. The Balaban J connectivity index is 1.97. The van der Waals surface area contributed by atoms with E-state index in [2.05, 4.69) is 14.7 Å². The number of thioether (sulfide) groups is 1. The van der Waals surface area contributed by atoms with Crippen LogP contribution >= 0.6 is 11.8 Å². The third-order valence-electron chi connectivity index (χ3n) is 2.25. The SMILES string of the molecule is N#Cc1cnc(SCc2cccc(OC(F)F)c2)cn1. The maximum Gasteiger partial charge on any atom is 0.387 e. The molecule has 0 unspecified atom stereocenters. The zero-order valence-corrected chi connectivity index (χ0v) is 11.0. The number of nitrogens with zero attached hydrogens (tertiary/aromatic N) is 3. The van der Waals surface area contributed by atoms with Crippen molar-refractivity contribution >= 4 is 11.8 Å². The molecule has 4 nitrogen and oxygen atoms in total. The standard InChI is InChI=1S/C13H9F2N3OS/c14-13(15)19-11-3-1-2-9(4-11)8-20-12-7-17-10(5-16)6-18-12/h1-4,6-7,13H,8H2. The monoisotopic (exact) mass is 293 g/mol. The van der Waals surface area contributed by atoms with Gasteiger partial charge >= 0.3 is 6.61 Å². The molecule has 0 saturated carbocycles. The second-order valence-corrected chi connectivity index (χ2v) is 4.66. The number of hydrogen-bond acceptors (Lipinski definition) is 5. The molecule has 0 amide bonds. The number of alkyl halides is 2. The quantitative estimate of drug-likeness (QED) is 0.792.